The third-order valence-corrected chi connectivity index (χ3v) is 9.27. The first-order chi connectivity index (χ1) is 17.7. The molecule has 12 heteroatoms. The Balaban J connectivity index is 1.48. The van der Waals surface area contributed by atoms with Gasteiger partial charge in [-0.1, -0.05) is 6.07 Å². The van der Waals surface area contributed by atoms with Crippen molar-refractivity contribution in [3.63, 3.8) is 0 Å². The molecule has 37 heavy (non-hydrogen) atoms. The summed E-state index contributed by atoms with van der Waals surface area (Å²) >= 11 is 0. The summed E-state index contributed by atoms with van der Waals surface area (Å²) in [7, 11) is 2.47. The molecule has 3 aromatic heterocycles. The quantitative estimate of drug-likeness (QED) is 0.441. The van der Waals surface area contributed by atoms with Crippen molar-refractivity contribution >= 4 is 26.8 Å². The zero-order valence-corrected chi connectivity index (χ0v) is 22.0. The number of hydrogen-bond donors (Lipinski definition) is 1. The van der Waals surface area contributed by atoms with Crippen LogP contribution in [0.1, 0.15) is 30.3 Å². The molecule has 2 amide bonds. The van der Waals surface area contributed by atoms with Crippen molar-refractivity contribution in [3.8, 4) is 22.5 Å². The molecule has 1 aromatic carbocycles. The lowest BCUT2D eigenvalue weighted by Gasteiger charge is -2.30. The zero-order chi connectivity index (χ0) is 25.9. The Morgan fingerprint density at radius 2 is 1.86 bits per heavy atom. The van der Waals surface area contributed by atoms with Gasteiger partial charge in [0.25, 0.3) is 0 Å². The number of carbonyl (C=O) groups is 1. The van der Waals surface area contributed by atoms with Gasteiger partial charge in [0.1, 0.15) is 21.4 Å². The molecular weight excluding hydrogens is 492 g/mol. The van der Waals surface area contributed by atoms with Gasteiger partial charge in [0.05, 0.1) is 41.2 Å². The van der Waals surface area contributed by atoms with E-state index in [1.807, 2.05) is 37.2 Å². The van der Waals surface area contributed by atoms with Crippen LogP contribution in [0.3, 0.4) is 0 Å². The van der Waals surface area contributed by atoms with Crippen LogP contribution in [0, 0.1) is 0 Å². The minimum Gasteiger partial charge on any atom is -0.341 e. The predicted molar refractivity (Wildman–Crippen MR) is 140 cm³/mol. The molecule has 0 radical (unpaired) electrons. The Hall–Kier alpha value is -3.67. The van der Waals surface area contributed by atoms with E-state index in [2.05, 4.69) is 27.1 Å². The van der Waals surface area contributed by atoms with Crippen LogP contribution in [0.25, 0.3) is 33.4 Å². The van der Waals surface area contributed by atoms with E-state index in [-0.39, 0.29) is 23.5 Å². The van der Waals surface area contributed by atoms with Gasteiger partial charge >= 0.3 is 6.03 Å². The highest BCUT2D eigenvalue weighted by atomic mass is 32.2. The lowest BCUT2D eigenvalue weighted by Crippen LogP contribution is -2.43. The van der Waals surface area contributed by atoms with E-state index in [4.69, 9.17) is 10.1 Å². The number of urea groups is 1. The first kappa shape index (κ1) is 23.7. The Morgan fingerprint density at radius 1 is 1.08 bits per heavy atom. The largest absolute Gasteiger partial charge is 0.341 e. The Labute approximate surface area is 215 Å². The molecule has 4 aromatic rings. The maximum Gasteiger partial charge on any atom is 0.317 e. The number of carbonyl (C=O) groups excluding carboxylic acids is 1. The number of nitrogens with zero attached hydrogens (tertiary/aromatic N) is 7. The van der Waals surface area contributed by atoms with Crippen molar-refractivity contribution in [1.29, 1.82) is 0 Å². The van der Waals surface area contributed by atoms with Crippen molar-refractivity contribution in [3.05, 3.63) is 42.1 Å². The number of fused-ring (bicyclic) bond motifs is 2. The maximum atomic E-state index is 12.5. The normalized spacial score (nSPS) is 17.8. The van der Waals surface area contributed by atoms with Crippen LogP contribution >= 0.6 is 0 Å². The maximum absolute atomic E-state index is 12.5. The van der Waals surface area contributed by atoms with Gasteiger partial charge in [-0.2, -0.15) is 10.2 Å². The van der Waals surface area contributed by atoms with Crippen molar-refractivity contribution in [2.75, 3.05) is 25.1 Å². The fourth-order valence-electron chi connectivity index (χ4n) is 5.59. The summed E-state index contributed by atoms with van der Waals surface area (Å²) < 4.78 is 30.0. The molecule has 0 saturated carbocycles. The lowest BCUT2D eigenvalue weighted by molar-refractivity contribution is 0.185. The molecule has 1 fully saturated rings. The molecule has 0 spiro atoms. The van der Waals surface area contributed by atoms with E-state index in [0.717, 1.165) is 44.9 Å². The molecule has 5 heterocycles. The number of hydrogen-bond acceptors (Lipinski definition) is 6. The topological polar surface area (TPSA) is 120 Å². The molecule has 0 bridgehead atoms. The van der Waals surface area contributed by atoms with Gasteiger partial charge < -0.3 is 14.8 Å². The minimum absolute atomic E-state index is 0.0793. The molecule has 2 aliphatic rings. The molecular formula is C25H30N8O3S. The molecule has 11 nitrogen and oxygen atoms in total. The molecule has 1 saturated heterocycles. The predicted octanol–water partition coefficient (Wildman–Crippen LogP) is 2.28. The number of imidazole rings is 1. The summed E-state index contributed by atoms with van der Waals surface area (Å²) in [6.07, 6.45) is 4.90. The van der Waals surface area contributed by atoms with E-state index < -0.39 is 9.84 Å². The number of aryl methyl sites for hydroxylation is 2. The second kappa shape index (κ2) is 8.72. The first-order valence-corrected chi connectivity index (χ1v) is 14.3. The number of nitrogens with one attached hydrogen (secondary N) is 1. The lowest BCUT2D eigenvalue weighted by atomic mass is 10.0. The highest BCUT2D eigenvalue weighted by molar-refractivity contribution is 7.91. The van der Waals surface area contributed by atoms with E-state index in [1.165, 1.54) is 0 Å². The van der Waals surface area contributed by atoms with E-state index >= 15 is 0 Å². The smallest absolute Gasteiger partial charge is 0.317 e. The minimum atomic E-state index is -2.98. The molecule has 6 rings (SSSR count). The summed E-state index contributed by atoms with van der Waals surface area (Å²) in [6.45, 7) is 1.64. The zero-order valence-electron chi connectivity index (χ0n) is 21.2. The van der Waals surface area contributed by atoms with Gasteiger partial charge in [-0.15, -0.1) is 0 Å². The van der Waals surface area contributed by atoms with Crippen molar-refractivity contribution in [1.82, 2.24) is 39.3 Å². The summed E-state index contributed by atoms with van der Waals surface area (Å²) in [6, 6.07) is 6.09. The monoisotopic (exact) mass is 522 g/mol. The van der Waals surface area contributed by atoms with E-state index in [1.54, 1.807) is 16.6 Å². The number of rotatable bonds is 3. The van der Waals surface area contributed by atoms with Crippen molar-refractivity contribution in [2.24, 2.45) is 14.1 Å². The standard InChI is InChI=1S/C25H30N8O3S/c1-26-25(34)32-8-9-33-21(15-32)23(28-24(33)16-6-10-37(35,36)11-7-16)17-4-5-20-19(12-17)22(29-31(20)3)18-13-27-30(2)14-18/h4-5,12-14,16H,6-11,15H2,1-3H3,(H,26,34). The van der Waals surface area contributed by atoms with Crippen LogP contribution in [0.4, 0.5) is 4.79 Å². The third-order valence-electron chi connectivity index (χ3n) is 7.56. The summed E-state index contributed by atoms with van der Waals surface area (Å²) in [5, 5.41) is 12.8. The highest BCUT2D eigenvalue weighted by Crippen LogP contribution is 2.37. The average molecular weight is 523 g/mol. The second-order valence-corrected chi connectivity index (χ2v) is 12.2. The molecule has 0 atom stereocenters. The van der Waals surface area contributed by atoms with Crippen molar-refractivity contribution < 1.29 is 13.2 Å². The number of aromatic nitrogens is 6. The summed E-state index contributed by atoms with van der Waals surface area (Å²) in [5.74, 6) is 1.39. The number of sulfone groups is 1. The fourth-order valence-corrected chi connectivity index (χ4v) is 7.08. The average Bonchev–Trinajstić information content (AvgIpc) is 3.58. The van der Waals surface area contributed by atoms with Crippen LogP contribution in [-0.4, -0.2) is 73.6 Å². The molecule has 2 aliphatic heterocycles. The second-order valence-electron chi connectivity index (χ2n) is 9.93. The van der Waals surface area contributed by atoms with E-state index in [0.29, 0.717) is 32.5 Å². The number of amides is 2. The van der Waals surface area contributed by atoms with Gasteiger partial charge in [-0.05, 0) is 25.0 Å². The van der Waals surface area contributed by atoms with Gasteiger partial charge in [0.15, 0.2) is 0 Å². The Kier molecular flexibility index (Phi) is 5.59. The molecule has 0 unspecified atom stereocenters. The third kappa shape index (κ3) is 4.08. The molecule has 0 aliphatic carbocycles. The Morgan fingerprint density at radius 3 is 2.57 bits per heavy atom. The summed E-state index contributed by atoms with van der Waals surface area (Å²) in [4.78, 5) is 19.4. The van der Waals surface area contributed by atoms with Crippen molar-refractivity contribution in [2.45, 2.75) is 31.8 Å². The van der Waals surface area contributed by atoms with Gasteiger partial charge in [-0.25, -0.2) is 18.2 Å². The molecule has 194 valence electrons. The molecule has 1 N–H and O–H groups in total. The SMILES string of the molecule is CNC(=O)N1CCn2c(C3CCS(=O)(=O)CC3)nc(-c3ccc4c(c3)c(-c3cnn(C)c3)nn4C)c2C1. The van der Waals surface area contributed by atoms with E-state index in [9.17, 15) is 13.2 Å². The first-order valence-electron chi connectivity index (χ1n) is 12.5. The van der Waals surface area contributed by atoms with Crippen LogP contribution in [-0.2, 0) is 37.0 Å². The van der Waals surface area contributed by atoms with Gasteiger partial charge in [-0.3, -0.25) is 9.36 Å². The van der Waals surface area contributed by atoms with Crippen LogP contribution in [0.5, 0.6) is 0 Å². The number of benzene rings is 1. The van der Waals surface area contributed by atoms with Crippen LogP contribution in [0.15, 0.2) is 30.6 Å². The highest BCUT2D eigenvalue weighted by Gasteiger charge is 2.33. The van der Waals surface area contributed by atoms with Crippen LogP contribution < -0.4 is 5.32 Å². The van der Waals surface area contributed by atoms with Crippen LogP contribution in [0.2, 0.25) is 0 Å². The van der Waals surface area contributed by atoms with Gasteiger partial charge in [0, 0.05) is 62.9 Å². The Bertz CT molecular complexity index is 1620. The fraction of sp³-hybridized carbons (Fsp3) is 0.440. The van der Waals surface area contributed by atoms with Gasteiger partial charge in [0.2, 0.25) is 0 Å². The summed E-state index contributed by atoms with van der Waals surface area (Å²) in [5.41, 5.74) is 5.55.